The molecule has 0 aliphatic heterocycles. The van der Waals surface area contributed by atoms with Crippen LogP contribution in [0.1, 0.15) is 22.3 Å². The Bertz CT molecular complexity index is 269. The van der Waals surface area contributed by atoms with Crippen LogP contribution in [0.5, 0.6) is 0 Å². The normalized spacial score (nSPS) is 9.90. The van der Waals surface area contributed by atoms with Crippen LogP contribution in [0.2, 0.25) is 0 Å². The molecule has 1 unspecified atom stereocenters. The van der Waals surface area contributed by atoms with Gasteiger partial charge in [0.25, 0.3) is 0 Å². The van der Waals surface area contributed by atoms with Gasteiger partial charge in [-0.2, -0.15) is 0 Å². The van der Waals surface area contributed by atoms with E-state index in [2.05, 4.69) is 14.2 Å². The van der Waals surface area contributed by atoms with Gasteiger partial charge in [-0.3, -0.25) is 4.79 Å². The van der Waals surface area contributed by atoms with Crippen LogP contribution < -0.4 is 4.75 Å². The van der Waals surface area contributed by atoms with Crippen molar-refractivity contribution in [1.29, 1.82) is 0 Å². The van der Waals surface area contributed by atoms with Gasteiger partial charge in [-0.05, 0) is 6.92 Å². The third kappa shape index (κ3) is 1.41. The maximum absolute atomic E-state index is 10.8. The highest BCUT2D eigenvalue weighted by atomic mass is 32.1. The predicted molar refractivity (Wildman–Crippen MR) is 46.2 cm³/mol. The third-order valence-corrected chi connectivity index (χ3v) is 2.70. The zero-order chi connectivity index (χ0) is 7.72. The van der Waals surface area contributed by atoms with Crippen LogP contribution in [-0.4, -0.2) is 10.8 Å². The second kappa shape index (κ2) is 2.77. The Morgan fingerprint density at radius 2 is 2.30 bits per heavy atom. The summed E-state index contributed by atoms with van der Waals surface area (Å²) in [5, 5.41) is 0. The number of thiazole rings is 1. The van der Waals surface area contributed by atoms with Crippen molar-refractivity contribution in [2.75, 3.05) is 0 Å². The SMILES string of the molecule is CC(=O)c1sc(P)nc1C. The van der Waals surface area contributed by atoms with E-state index in [1.54, 1.807) is 6.92 Å². The minimum absolute atomic E-state index is 0.101. The molecule has 1 aromatic rings. The number of aryl methyl sites for hydroxylation is 1. The van der Waals surface area contributed by atoms with E-state index < -0.39 is 0 Å². The number of rotatable bonds is 1. The molecule has 0 saturated heterocycles. The summed E-state index contributed by atoms with van der Waals surface area (Å²) in [6.07, 6.45) is 0. The molecule has 0 spiro atoms. The number of carbonyl (C=O) groups is 1. The van der Waals surface area contributed by atoms with Crippen molar-refractivity contribution < 1.29 is 4.79 Å². The van der Waals surface area contributed by atoms with Crippen LogP contribution in [0, 0.1) is 6.92 Å². The number of hydrogen-bond donors (Lipinski definition) is 0. The maximum Gasteiger partial charge on any atom is 0.171 e. The van der Waals surface area contributed by atoms with Crippen molar-refractivity contribution in [2.24, 2.45) is 0 Å². The fourth-order valence-corrected chi connectivity index (χ4v) is 2.02. The van der Waals surface area contributed by atoms with Crippen LogP contribution >= 0.6 is 20.6 Å². The Morgan fingerprint density at radius 3 is 2.50 bits per heavy atom. The van der Waals surface area contributed by atoms with E-state index in [4.69, 9.17) is 0 Å². The lowest BCUT2D eigenvalue weighted by Gasteiger charge is -1.85. The molecular weight excluding hydrogens is 165 g/mol. The number of hydrogen-bond acceptors (Lipinski definition) is 3. The van der Waals surface area contributed by atoms with Crippen molar-refractivity contribution in [1.82, 2.24) is 4.98 Å². The molecular formula is C6H8NOPS. The van der Waals surface area contributed by atoms with Crippen molar-refractivity contribution in [3.63, 3.8) is 0 Å². The van der Waals surface area contributed by atoms with Gasteiger partial charge in [0.05, 0.1) is 10.6 Å². The van der Waals surface area contributed by atoms with E-state index in [-0.39, 0.29) is 5.78 Å². The fourth-order valence-electron chi connectivity index (χ4n) is 0.744. The molecule has 4 heteroatoms. The molecule has 10 heavy (non-hydrogen) atoms. The van der Waals surface area contributed by atoms with Crippen molar-refractivity contribution in [3.05, 3.63) is 10.6 Å². The van der Waals surface area contributed by atoms with Gasteiger partial charge in [0.15, 0.2) is 5.78 Å². The molecule has 0 aliphatic carbocycles. The lowest BCUT2D eigenvalue weighted by molar-refractivity contribution is 0.102. The Morgan fingerprint density at radius 1 is 1.70 bits per heavy atom. The lowest BCUT2D eigenvalue weighted by atomic mass is 10.3. The first-order chi connectivity index (χ1) is 4.61. The van der Waals surface area contributed by atoms with E-state index >= 15 is 0 Å². The zero-order valence-corrected chi connectivity index (χ0v) is 7.81. The minimum atomic E-state index is 0.101. The molecule has 0 aromatic carbocycles. The van der Waals surface area contributed by atoms with Crippen LogP contribution in [0.25, 0.3) is 0 Å². The lowest BCUT2D eigenvalue weighted by Crippen LogP contribution is -1.89. The molecule has 0 aliphatic rings. The summed E-state index contributed by atoms with van der Waals surface area (Å²) in [5.74, 6) is 0.101. The molecule has 1 rings (SSSR count). The zero-order valence-electron chi connectivity index (χ0n) is 5.84. The number of carbonyl (C=O) groups excluding carboxylic acids is 1. The van der Waals surface area contributed by atoms with E-state index in [1.807, 2.05) is 6.92 Å². The number of Topliss-reactive ketones (excluding diaryl/α,β-unsaturated/α-hetero) is 1. The largest absolute Gasteiger partial charge is 0.294 e. The molecule has 0 radical (unpaired) electrons. The smallest absolute Gasteiger partial charge is 0.171 e. The van der Waals surface area contributed by atoms with Crippen LogP contribution in [0.15, 0.2) is 0 Å². The van der Waals surface area contributed by atoms with Crippen molar-refractivity contribution in [2.45, 2.75) is 13.8 Å². The molecule has 1 atom stereocenters. The molecule has 2 nitrogen and oxygen atoms in total. The number of nitrogens with zero attached hydrogens (tertiary/aromatic N) is 1. The maximum atomic E-state index is 10.8. The average molecular weight is 173 g/mol. The molecule has 0 saturated carbocycles. The minimum Gasteiger partial charge on any atom is -0.294 e. The topological polar surface area (TPSA) is 30.0 Å². The molecule has 0 fully saturated rings. The first-order valence-electron chi connectivity index (χ1n) is 2.85. The first-order valence-corrected chi connectivity index (χ1v) is 4.24. The average Bonchev–Trinajstić information content (AvgIpc) is 2.10. The van der Waals surface area contributed by atoms with Crippen molar-refractivity contribution in [3.8, 4) is 0 Å². The second-order valence-corrected chi connectivity index (χ2v) is 4.02. The Hall–Kier alpha value is -0.270. The van der Waals surface area contributed by atoms with Crippen LogP contribution in [0.4, 0.5) is 0 Å². The fraction of sp³-hybridized carbons (Fsp3) is 0.333. The van der Waals surface area contributed by atoms with Gasteiger partial charge in [-0.15, -0.1) is 11.3 Å². The summed E-state index contributed by atoms with van der Waals surface area (Å²) < 4.78 is 0.878. The summed E-state index contributed by atoms with van der Waals surface area (Å²) in [5.41, 5.74) is 0.836. The molecule has 54 valence electrons. The van der Waals surface area contributed by atoms with Crippen molar-refractivity contribution >= 4 is 31.1 Å². The highest BCUT2D eigenvalue weighted by Gasteiger charge is 2.07. The number of ketones is 1. The summed E-state index contributed by atoms with van der Waals surface area (Å²) >= 11 is 1.42. The van der Waals surface area contributed by atoms with Gasteiger partial charge in [-0.1, -0.05) is 9.24 Å². The van der Waals surface area contributed by atoms with Gasteiger partial charge in [0.1, 0.15) is 4.75 Å². The molecule has 0 bridgehead atoms. The Labute approximate surface area is 65.9 Å². The summed E-state index contributed by atoms with van der Waals surface area (Å²) in [4.78, 5) is 15.7. The first kappa shape index (κ1) is 7.83. The van der Waals surface area contributed by atoms with Gasteiger partial charge >= 0.3 is 0 Å². The standard InChI is InChI=1S/C6H8NOPS/c1-3-5(4(2)8)10-6(9)7-3/h9H2,1-2H3. The Kier molecular flexibility index (Phi) is 2.17. The third-order valence-electron chi connectivity index (χ3n) is 1.13. The molecule has 1 aromatic heterocycles. The Balaban J connectivity index is 3.15. The quantitative estimate of drug-likeness (QED) is 0.471. The van der Waals surface area contributed by atoms with E-state index in [0.717, 1.165) is 15.3 Å². The predicted octanol–water partition coefficient (Wildman–Crippen LogP) is 1.15. The van der Waals surface area contributed by atoms with Crippen LogP contribution in [-0.2, 0) is 0 Å². The number of aromatic nitrogens is 1. The van der Waals surface area contributed by atoms with Gasteiger partial charge in [0.2, 0.25) is 0 Å². The van der Waals surface area contributed by atoms with E-state index in [1.165, 1.54) is 11.3 Å². The molecule has 0 amide bonds. The van der Waals surface area contributed by atoms with E-state index in [9.17, 15) is 4.79 Å². The summed E-state index contributed by atoms with van der Waals surface area (Å²) in [6.45, 7) is 3.41. The molecule has 1 heterocycles. The second-order valence-electron chi connectivity index (χ2n) is 2.02. The molecule has 0 N–H and O–H groups in total. The monoisotopic (exact) mass is 173 g/mol. The summed E-state index contributed by atoms with van der Waals surface area (Å²) in [6, 6.07) is 0. The van der Waals surface area contributed by atoms with Gasteiger partial charge in [0, 0.05) is 6.92 Å². The van der Waals surface area contributed by atoms with Crippen LogP contribution in [0.3, 0.4) is 0 Å². The van der Waals surface area contributed by atoms with Gasteiger partial charge < -0.3 is 0 Å². The summed E-state index contributed by atoms with van der Waals surface area (Å²) in [7, 11) is 2.48. The van der Waals surface area contributed by atoms with Gasteiger partial charge in [-0.25, -0.2) is 4.98 Å². The highest BCUT2D eigenvalue weighted by molar-refractivity contribution is 7.43. The van der Waals surface area contributed by atoms with E-state index in [0.29, 0.717) is 0 Å². The highest BCUT2D eigenvalue weighted by Crippen LogP contribution is 2.12.